The van der Waals surface area contributed by atoms with Crippen LogP contribution in [0.3, 0.4) is 0 Å². The van der Waals surface area contributed by atoms with E-state index in [1.807, 2.05) is 0 Å². The number of carbonyl (C=O) groups excluding carboxylic acids is 1. The normalized spacial score (nSPS) is 16.6. The van der Waals surface area contributed by atoms with Gasteiger partial charge in [-0.25, -0.2) is 0 Å². The second-order valence-electron chi connectivity index (χ2n) is 4.00. The average Bonchev–Trinajstić information content (AvgIpc) is 2.36. The monoisotopic (exact) mass is 275 g/mol. The van der Waals surface area contributed by atoms with Crippen molar-refractivity contribution >= 4 is 11.6 Å². The van der Waals surface area contributed by atoms with Crippen molar-refractivity contribution in [3.05, 3.63) is 24.3 Å². The second-order valence-corrected chi connectivity index (χ2v) is 4.00. The summed E-state index contributed by atoms with van der Waals surface area (Å²) in [6, 6.07) is 6.02. The molecule has 0 aromatic heterocycles. The zero-order valence-corrected chi connectivity index (χ0v) is 9.94. The summed E-state index contributed by atoms with van der Waals surface area (Å²) in [6.07, 6.45) is -4.38. The summed E-state index contributed by atoms with van der Waals surface area (Å²) in [4.78, 5) is 13.1. The van der Waals surface area contributed by atoms with E-state index in [2.05, 4.69) is 4.74 Å². The van der Waals surface area contributed by atoms with E-state index in [0.29, 0.717) is 18.8 Å². The van der Waals surface area contributed by atoms with Crippen molar-refractivity contribution in [2.75, 3.05) is 31.3 Å². The predicted molar refractivity (Wildman–Crippen MR) is 61.2 cm³/mol. The van der Waals surface area contributed by atoms with E-state index in [-0.39, 0.29) is 18.3 Å². The van der Waals surface area contributed by atoms with Crippen LogP contribution >= 0.6 is 0 Å². The summed E-state index contributed by atoms with van der Waals surface area (Å²) in [6.45, 7) is -0.595. The van der Waals surface area contributed by atoms with Crippen molar-refractivity contribution in [1.29, 1.82) is 0 Å². The summed E-state index contributed by atoms with van der Waals surface area (Å²) in [5, 5.41) is 0. The molecule has 1 fully saturated rings. The van der Waals surface area contributed by atoms with Crippen LogP contribution in [0.15, 0.2) is 24.3 Å². The molecule has 0 aliphatic carbocycles. The van der Waals surface area contributed by atoms with Crippen LogP contribution in [0.2, 0.25) is 0 Å². The van der Waals surface area contributed by atoms with Gasteiger partial charge in [0.05, 0.1) is 6.61 Å². The molecule has 7 heteroatoms. The maximum atomic E-state index is 12.1. The summed E-state index contributed by atoms with van der Waals surface area (Å²) in [7, 11) is 0. The average molecular weight is 275 g/mol. The highest BCUT2D eigenvalue weighted by Crippen LogP contribution is 2.24. The highest BCUT2D eigenvalue weighted by Gasteiger charge is 2.28. The molecule has 4 nitrogen and oxygen atoms in total. The summed E-state index contributed by atoms with van der Waals surface area (Å²) in [5.41, 5.74) is 0.507. The van der Waals surface area contributed by atoms with Crippen molar-refractivity contribution in [1.82, 2.24) is 0 Å². The fraction of sp³-hybridized carbons (Fsp3) is 0.417. The minimum Gasteiger partial charge on any atom is -0.484 e. The van der Waals surface area contributed by atoms with Gasteiger partial charge in [0.15, 0.2) is 6.61 Å². The topological polar surface area (TPSA) is 38.8 Å². The Morgan fingerprint density at radius 3 is 2.84 bits per heavy atom. The first-order chi connectivity index (χ1) is 8.96. The van der Waals surface area contributed by atoms with Gasteiger partial charge in [-0.2, -0.15) is 13.2 Å². The molecule has 0 unspecified atom stereocenters. The van der Waals surface area contributed by atoms with Gasteiger partial charge in [0.1, 0.15) is 12.4 Å². The van der Waals surface area contributed by atoms with Gasteiger partial charge in [-0.3, -0.25) is 4.79 Å². The van der Waals surface area contributed by atoms with Gasteiger partial charge in [-0.1, -0.05) is 6.07 Å². The molecule has 0 radical (unpaired) electrons. The zero-order chi connectivity index (χ0) is 13.9. The quantitative estimate of drug-likeness (QED) is 0.846. The van der Waals surface area contributed by atoms with Crippen molar-refractivity contribution in [2.24, 2.45) is 0 Å². The van der Waals surface area contributed by atoms with Gasteiger partial charge in [-0.05, 0) is 12.1 Å². The van der Waals surface area contributed by atoms with Crippen molar-refractivity contribution < 1.29 is 27.4 Å². The van der Waals surface area contributed by atoms with Crippen molar-refractivity contribution in [2.45, 2.75) is 6.18 Å². The highest BCUT2D eigenvalue weighted by atomic mass is 19.4. The lowest BCUT2D eigenvalue weighted by atomic mass is 10.2. The molecule has 1 aliphatic rings. The molecule has 1 aromatic rings. The standard InChI is InChI=1S/C12H12F3NO3/c13-12(14,15)8-19-10-3-1-2-9(6-10)16-4-5-18-7-11(16)17/h1-3,6H,4-5,7-8H2. The van der Waals surface area contributed by atoms with E-state index < -0.39 is 12.8 Å². The molecule has 1 amide bonds. The van der Waals surface area contributed by atoms with E-state index in [0.717, 1.165) is 0 Å². The number of halogens is 3. The predicted octanol–water partition coefficient (Wildman–Crippen LogP) is 1.99. The van der Waals surface area contributed by atoms with Crippen LogP contribution in [0, 0.1) is 0 Å². The molecule has 104 valence electrons. The molecule has 0 spiro atoms. The molecule has 1 saturated heterocycles. The number of hydrogen-bond acceptors (Lipinski definition) is 3. The maximum Gasteiger partial charge on any atom is 0.422 e. The molecule has 1 heterocycles. The lowest BCUT2D eigenvalue weighted by molar-refractivity contribution is -0.153. The molecular weight excluding hydrogens is 263 g/mol. The SMILES string of the molecule is O=C1COCCN1c1cccc(OCC(F)(F)F)c1. The molecule has 2 rings (SSSR count). The molecule has 1 aromatic carbocycles. The largest absolute Gasteiger partial charge is 0.484 e. The fourth-order valence-corrected chi connectivity index (χ4v) is 1.70. The van der Waals surface area contributed by atoms with E-state index in [9.17, 15) is 18.0 Å². The Hall–Kier alpha value is -1.76. The Labute approximate surface area is 107 Å². The summed E-state index contributed by atoms with van der Waals surface area (Å²) >= 11 is 0. The van der Waals surface area contributed by atoms with Crippen LogP contribution in [0.5, 0.6) is 5.75 Å². The maximum absolute atomic E-state index is 12.1. The summed E-state index contributed by atoms with van der Waals surface area (Å²) in [5.74, 6) is -0.145. The first-order valence-corrected chi connectivity index (χ1v) is 5.63. The van der Waals surface area contributed by atoms with Crippen molar-refractivity contribution in [3.63, 3.8) is 0 Å². The van der Waals surface area contributed by atoms with Gasteiger partial charge in [-0.15, -0.1) is 0 Å². The number of alkyl halides is 3. The molecule has 1 aliphatic heterocycles. The molecule has 0 bridgehead atoms. The van der Waals surface area contributed by atoms with Gasteiger partial charge in [0.25, 0.3) is 5.91 Å². The van der Waals surface area contributed by atoms with Crippen LogP contribution in [-0.4, -0.2) is 38.4 Å². The van der Waals surface area contributed by atoms with E-state index in [4.69, 9.17) is 4.74 Å². The Balaban J connectivity index is 2.08. The van der Waals surface area contributed by atoms with Gasteiger partial charge < -0.3 is 14.4 Å². The van der Waals surface area contributed by atoms with E-state index >= 15 is 0 Å². The number of amides is 1. The number of nitrogens with zero attached hydrogens (tertiary/aromatic N) is 1. The third-order valence-electron chi connectivity index (χ3n) is 2.52. The minimum absolute atomic E-state index is 0.0202. The molecule has 0 saturated carbocycles. The van der Waals surface area contributed by atoms with Crippen LogP contribution in [0.1, 0.15) is 0 Å². The fourth-order valence-electron chi connectivity index (χ4n) is 1.70. The third kappa shape index (κ3) is 3.85. The van der Waals surface area contributed by atoms with Gasteiger partial charge >= 0.3 is 6.18 Å². The lowest BCUT2D eigenvalue weighted by Gasteiger charge is -2.27. The lowest BCUT2D eigenvalue weighted by Crippen LogP contribution is -2.41. The Morgan fingerprint density at radius 2 is 2.16 bits per heavy atom. The molecule has 0 N–H and O–H groups in total. The van der Waals surface area contributed by atoms with Crippen LogP contribution in [0.25, 0.3) is 0 Å². The Morgan fingerprint density at radius 1 is 1.37 bits per heavy atom. The number of hydrogen-bond donors (Lipinski definition) is 0. The summed E-state index contributed by atoms with van der Waals surface area (Å²) < 4.78 is 45.8. The first kappa shape index (κ1) is 13.7. The van der Waals surface area contributed by atoms with Gasteiger partial charge in [0, 0.05) is 18.3 Å². The van der Waals surface area contributed by atoms with E-state index in [1.165, 1.54) is 17.0 Å². The number of rotatable bonds is 3. The second kappa shape index (κ2) is 5.48. The number of carbonyl (C=O) groups is 1. The van der Waals surface area contributed by atoms with Crippen LogP contribution < -0.4 is 9.64 Å². The first-order valence-electron chi connectivity index (χ1n) is 5.63. The van der Waals surface area contributed by atoms with Crippen LogP contribution in [0.4, 0.5) is 18.9 Å². The Kier molecular flexibility index (Phi) is 3.94. The molecular formula is C12H12F3NO3. The van der Waals surface area contributed by atoms with E-state index in [1.54, 1.807) is 12.1 Å². The van der Waals surface area contributed by atoms with Gasteiger partial charge in [0.2, 0.25) is 0 Å². The smallest absolute Gasteiger partial charge is 0.422 e. The molecule has 0 atom stereocenters. The number of anilines is 1. The third-order valence-corrected chi connectivity index (χ3v) is 2.52. The number of ether oxygens (including phenoxy) is 2. The van der Waals surface area contributed by atoms with Crippen molar-refractivity contribution in [3.8, 4) is 5.75 Å². The highest BCUT2D eigenvalue weighted by molar-refractivity contribution is 5.95. The number of benzene rings is 1. The number of morpholine rings is 1. The van der Waals surface area contributed by atoms with Crippen LogP contribution in [-0.2, 0) is 9.53 Å². The minimum atomic E-state index is -4.38. The Bertz CT molecular complexity index is 462. The zero-order valence-electron chi connectivity index (χ0n) is 9.94. The molecule has 19 heavy (non-hydrogen) atoms.